The Labute approximate surface area is 212 Å². The molecule has 0 amide bonds. The van der Waals surface area contributed by atoms with Crippen LogP contribution < -0.4 is 15.9 Å². The van der Waals surface area contributed by atoms with Crippen LogP contribution in [0.1, 0.15) is 23.5 Å². The molecule has 0 saturated heterocycles. The molecule has 11 heteroatoms. The summed E-state index contributed by atoms with van der Waals surface area (Å²) < 4.78 is 14.4. The van der Waals surface area contributed by atoms with Crippen molar-refractivity contribution in [2.24, 2.45) is 14.1 Å². The van der Waals surface area contributed by atoms with Crippen molar-refractivity contribution in [3.8, 4) is 40.1 Å². The van der Waals surface area contributed by atoms with Gasteiger partial charge in [0.05, 0.1) is 17.5 Å². The third kappa shape index (κ3) is 3.18. The molecule has 1 aliphatic rings. The molecule has 38 heavy (non-hydrogen) atoms. The number of carbonyl (C=O) groups excluding carboxylic acids is 1. The van der Waals surface area contributed by atoms with E-state index in [0.29, 0.717) is 22.2 Å². The van der Waals surface area contributed by atoms with Crippen LogP contribution in [0.5, 0.6) is 28.7 Å². The average Bonchev–Trinajstić information content (AvgIpc) is 3.10. The van der Waals surface area contributed by atoms with Gasteiger partial charge in [0, 0.05) is 37.2 Å². The number of benzene rings is 3. The van der Waals surface area contributed by atoms with Gasteiger partial charge >= 0.3 is 11.7 Å². The smallest absolute Gasteiger partial charge is 0.328 e. The Morgan fingerprint density at radius 1 is 0.842 bits per heavy atom. The molecule has 0 bridgehead atoms. The van der Waals surface area contributed by atoms with Gasteiger partial charge in [0.2, 0.25) is 11.2 Å². The van der Waals surface area contributed by atoms with Crippen molar-refractivity contribution in [3.63, 3.8) is 0 Å². The molecule has 1 aliphatic heterocycles. The molecule has 1 atom stereocenters. The van der Waals surface area contributed by atoms with Gasteiger partial charge in [0.25, 0.3) is 0 Å². The van der Waals surface area contributed by atoms with Crippen molar-refractivity contribution in [1.82, 2.24) is 9.13 Å². The van der Waals surface area contributed by atoms with Gasteiger partial charge in [0.1, 0.15) is 22.5 Å². The second-order valence-corrected chi connectivity index (χ2v) is 9.20. The number of aromatic nitrogens is 2. The topological polar surface area (TPSA) is 164 Å². The largest absolute Gasteiger partial charge is 0.507 e. The lowest BCUT2D eigenvalue weighted by atomic mass is 9.85. The van der Waals surface area contributed by atoms with Crippen molar-refractivity contribution >= 4 is 28.0 Å². The molecule has 3 aromatic carbocycles. The van der Waals surface area contributed by atoms with Crippen LogP contribution in [0.3, 0.4) is 0 Å². The molecular weight excluding hydrogens is 496 g/mol. The lowest BCUT2D eigenvalue weighted by Crippen LogP contribution is -2.22. The third-order valence-corrected chi connectivity index (χ3v) is 7.00. The number of fused-ring (bicyclic) bond motifs is 4. The summed E-state index contributed by atoms with van der Waals surface area (Å²) in [7, 11) is 3.28. The SMILES string of the molecule is Cn1c(=O)n(C)c2cc([C@@H]3CC(=O)Oc4cc(O)c5c(=O)c(O)c(-c6ccc(O)c(O)c6)oc5c43)ccc21. The Kier molecular flexibility index (Phi) is 4.83. The van der Waals surface area contributed by atoms with Gasteiger partial charge in [-0.05, 0) is 35.9 Å². The summed E-state index contributed by atoms with van der Waals surface area (Å²) in [5.74, 6) is -3.90. The van der Waals surface area contributed by atoms with Crippen LogP contribution >= 0.6 is 0 Å². The fourth-order valence-electron chi connectivity index (χ4n) is 5.07. The number of hydrogen-bond acceptors (Lipinski definition) is 9. The summed E-state index contributed by atoms with van der Waals surface area (Å²) in [5, 5.41) is 40.6. The molecule has 4 N–H and O–H groups in total. The number of phenols is 3. The lowest BCUT2D eigenvalue weighted by molar-refractivity contribution is -0.135. The van der Waals surface area contributed by atoms with Gasteiger partial charge < -0.3 is 29.6 Å². The van der Waals surface area contributed by atoms with Crippen LogP contribution in [0.25, 0.3) is 33.3 Å². The highest BCUT2D eigenvalue weighted by molar-refractivity contribution is 5.94. The second-order valence-electron chi connectivity index (χ2n) is 9.20. The fourth-order valence-corrected chi connectivity index (χ4v) is 5.07. The maximum atomic E-state index is 13.2. The summed E-state index contributed by atoms with van der Waals surface area (Å²) in [5.41, 5.74) is 1.02. The van der Waals surface area contributed by atoms with Gasteiger partial charge in [-0.2, -0.15) is 0 Å². The molecule has 11 nitrogen and oxygen atoms in total. The number of hydrogen-bond donors (Lipinski definition) is 4. The average molecular weight is 516 g/mol. The maximum Gasteiger partial charge on any atom is 0.328 e. The van der Waals surface area contributed by atoms with Crippen molar-refractivity contribution in [2.45, 2.75) is 12.3 Å². The normalized spacial score (nSPS) is 15.1. The number of ether oxygens (including phenoxy) is 1. The Hall–Kier alpha value is -5.19. The van der Waals surface area contributed by atoms with Gasteiger partial charge in [-0.25, -0.2) is 4.79 Å². The van der Waals surface area contributed by atoms with E-state index in [2.05, 4.69) is 0 Å². The Balaban J connectivity index is 1.67. The van der Waals surface area contributed by atoms with Gasteiger partial charge in [-0.15, -0.1) is 0 Å². The predicted octanol–water partition coefficient (Wildman–Crippen LogP) is 2.91. The van der Waals surface area contributed by atoms with Crippen molar-refractivity contribution in [3.05, 3.63) is 74.3 Å². The highest BCUT2D eigenvalue weighted by atomic mass is 16.5. The minimum Gasteiger partial charge on any atom is -0.507 e. The van der Waals surface area contributed by atoms with E-state index in [1.807, 2.05) is 0 Å². The number of rotatable bonds is 2. The number of nitrogens with zero attached hydrogens (tertiary/aromatic N) is 2. The van der Waals surface area contributed by atoms with E-state index < -0.39 is 40.3 Å². The molecule has 0 unspecified atom stereocenters. The fraction of sp³-hybridized carbons (Fsp3) is 0.148. The van der Waals surface area contributed by atoms with Crippen molar-refractivity contribution in [2.75, 3.05) is 0 Å². The van der Waals surface area contributed by atoms with E-state index in [1.165, 1.54) is 15.2 Å². The minimum absolute atomic E-state index is 0.0216. The summed E-state index contributed by atoms with van der Waals surface area (Å²) in [6, 6.07) is 9.99. The molecule has 0 saturated carbocycles. The zero-order valence-corrected chi connectivity index (χ0v) is 20.1. The monoisotopic (exact) mass is 516 g/mol. The number of carbonyl (C=O) groups is 1. The van der Waals surface area contributed by atoms with E-state index in [-0.39, 0.29) is 40.2 Å². The molecule has 6 rings (SSSR count). The van der Waals surface area contributed by atoms with Crippen LogP contribution in [0.2, 0.25) is 0 Å². The van der Waals surface area contributed by atoms with Crippen LogP contribution in [-0.2, 0) is 18.9 Å². The molecule has 2 aromatic heterocycles. The highest BCUT2D eigenvalue weighted by Crippen LogP contribution is 2.47. The molecule has 0 fully saturated rings. The number of aromatic hydroxyl groups is 4. The zero-order chi connectivity index (χ0) is 27.0. The first kappa shape index (κ1) is 23.2. The Bertz CT molecular complexity index is 1960. The molecule has 0 aliphatic carbocycles. The quantitative estimate of drug-likeness (QED) is 0.157. The Morgan fingerprint density at radius 2 is 1.58 bits per heavy atom. The first-order valence-corrected chi connectivity index (χ1v) is 11.5. The molecule has 0 spiro atoms. The molecular formula is C27H20N2O9. The van der Waals surface area contributed by atoms with E-state index >= 15 is 0 Å². The number of aryl methyl sites for hydroxylation is 2. The number of imidazole rings is 1. The standard InChI is InChI=1S/C27H20N2O9/c1-28-14-5-3-11(7-15(14)29(2)27(28)36)13-9-20(33)37-19-10-18(32)22-23(34)24(35)25(38-26(22)21(13)19)12-4-6-16(30)17(31)8-12/h3-8,10,13,30-32,35H,9H2,1-2H3/t13-/m0/s1. The van der Waals surface area contributed by atoms with Crippen LogP contribution in [0.15, 0.2) is 56.5 Å². The van der Waals surface area contributed by atoms with Gasteiger partial charge in [-0.1, -0.05) is 6.07 Å². The molecule has 5 aromatic rings. The summed E-state index contributed by atoms with van der Waals surface area (Å²) >= 11 is 0. The summed E-state index contributed by atoms with van der Waals surface area (Å²) in [4.78, 5) is 38.2. The second kappa shape index (κ2) is 7.90. The van der Waals surface area contributed by atoms with Gasteiger partial charge in [0.15, 0.2) is 17.3 Å². The summed E-state index contributed by atoms with van der Waals surface area (Å²) in [6.45, 7) is 0. The molecule has 3 heterocycles. The highest BCUT2D eigenvalue weighted by Gasteiger charge is 2.35. The van der Waals surface area contributed by atoms with Crippen LogP contribution in [-0.4, -0.2) is 35.5 Å². The number of phenolic OH excluding ortho intramolecular Hbond substituents is 3. The minimum atomic E-state index is -0.939. The van der Waals surface area contributed by atoms with Crippen molar-refractivity contribution in [1.29, 1.82) is 0 Å². The number of esters is 1. The van der Waals surface area contributed by atoms with Crippen molar-refractivity contribution < 1.29 is 34.4 Å². The lowest BCUT2D eigenvalue weighted by Gasteiger charge is -2.26. The maximum absolute atomic E-state index is 13.2. The first-order chi connectivity index (χ1) is 18.1. The van der Waals surface area contributed by atoms with E-state index in [9.17, 15) is 34.8 Å². The third-order valence-electron chi connectivity index (χ3n) is 7.00. The van der Waals surface area contributed by atoms with E-state index in [1.54, 1.807) is 32.3 Å². The van der Waals surface area contributed by atoms with Gasteiger partial charge in [-0.3, -0.25) is 18.7 Å². The Morgan fingerprint density at radius 3 is 2.32 bits per heavy atom. The van der Waals surface area contributed by atoms with Crippen LogP contribution in [0, 0.1) is 0 Å². The summed E-state index contributed by atoms with van der Waals surface area (Å²) in [6.07, 6.45) is -0.126. The van der Waals surface area contributed by atoms with E-state index in [4.69, 9.17) is 9.15 Å². The van der Waals surface area contributed by atoms with E-state index in [0.717, 1.165) is 18.2 Å². The first-order valence-electron chi connectivity index (χ1n) is 11.5. The van der Waals surface area contributed by atoms with Crippen LogP contribution in [0.4, 0.5) is 0 Å². The molecule has 192 valence electrons. The predicted molar refractivity (Wildman–Crippen MR) is 135 cm³/mol. The zero-order valence-electron chi connectivity index (χ0n) is 20.1. The molecule has 0 radical (unpaired) electrons.